The number of fused-ring (bicyclic) bond motifs is 1. The van der Waals surface area contributed by atoms with Gasteiger partial charge in [0.15, 0.2) is 17.3 Å². The van der Waals surface area contributed by atoms with Gasteiger partial charge >= 0.3 is 0 Å². The molecule has 2 N–H and O–H groups in total. The van der Waals surface area contributed by atoms with Crippen molar-refractivity contribution in [3.05, 3.63) is 59.1 Å². The van der Waals surface area contributed by atoms with Gasteiger partial charge in [-0.1, -0.05) is 17.7 Å². The molecule has 1 fully saturated rings. The Balaban J connectivity index is 1.74. The van der Waals surface area contributed by atoms with Crippen LogP contribution in [0, 0.1) is 11.6 Å². The topological polar surface area (TPSA) is 76.1 Å². The molecule has 0 aliphatic carbocycles. The standard InChI is InChI=1S/C22H20ClF2N7/c1-30-9-11-31(12-10-30)22-27-19(15-3-2-4-16(24)18(15)25)17-20(26)32(29-21(17)28-22)14-7-5-13(23)6-8-14/h2-8H,9-12,26H2,1H3. The fraction of sp³-hybridized carbons (Fsp3) is 0.227. The molecule has 0 unspecified atom stereocenters. The van der Waals surface area contributed by atoms with E-state index >= 15 is 0 Å². The van der Waals surface area contributed by atoms with Crippen LogP contribution in [0.25, 0.3) is 28.0 Å². The quantitative estimate of drug-likeness (QED) is 0.507. The maximum Gasteiger partial charge on any atom is 0.228 e. The molecule has 10 heteroatoms. The summed E-state index contributed by atoms with van der Waals surface area (Å²) < 4.78 is 30.4. The SMILES string of the molecule is CN1CCN(c2nc(-c3cccc(F)c3F)c3c(N)n(-c4ccc(Cl)cc4)nc3n2)CC1. The molecule has 164 valence electrons. The van der Waals surface area contributed by atoms with E-state index in [4.69, 9.17) is 17.3 Å². The molecule has 0 bridgehead atoms. The Hall–Kier alpha value is -3.30. The van der Waals surface area contributed by atoms with Gasteiger partial charge < -0.3 is 15.5 Å². The van der Waals surface area contributed by atoms with Crippen molar-refractivity contribution in [1.82, 2.24) is 24.6 Å². The number of benzene rings is 2. The van der Waals surface area contributed by atoms with E-state index in [2.05, 4.69) is 20.0 Å². The van der Waals surface area contributed by atoms with Gasteiger partial charge in [-0.15, -0.1) is 5.10 Å². The highest BCUT2D eigenvalue weighted by Crippen LogP contribution is 2.35. The fourth-order valence-electron chi connectivity index (χ4n) is 3.81. The Morgan fingerprint density at radius 1 is 0.969 bits per heavy atom. The Morgan fingerprint density at radius 3 is 2.41 bits per heavy atom. The van der Waals surface area contributed by atoms with E-state index in [1.54, 1.807) is 24.3 Å². The molecule has 5 rings (SSSR count). The molecule has 0 amide bonds. The van der Waals surface area contributed by atoms with E-state index in [-0.39, 0.29) is 17.1 Å². The van der Waals surface area contributed by atoms with Crippen LogP contribution < -0.4 is 10.6 Å². The van der Waals surface area contributed by atoms with Gasteiger partial charge in [0, 0.05) is 36.8 Å². The average molecular weight is 456 g/mol. The summed E-state index contributed by atoms with van der Waals surface area (Å²) in [5.41, 5.74) is 7.62. The maximum absolute atomic E-state index is 14.8. The second-order valence-electron chi connectivity index (χ2n) is 7.74. The van der Waals surface area contributed by atoms with Gasteiger partial charge in [0.25, 0.3) is 0 Å². The minimum absolute atomic E-state index is 0.00938. The van der Waals surface area contributed by atoms with Gasteiger partial charge in [-0.05, 0) is 43.4 Å². The summed E-state index contributed by atoms with van der Waals surface area (Å²) in [6.07, 6.45) is 0. The van der Waals surface area contributed by atoms with Crippen molar-refractivity contribution in [3.63, 3.8) is 0 Å². The third-order valence-electron chi connectivity index (χ3n) is 5.62. The fourth-order valence-corrected chi connectivity index (χ4v) is 3.93. The molecule has 2 aromatic carbocycles. The smallest absolute Gasteiger partial charge is 0.228 e. The zero-order valence-electron chi connectivity index (χ0n) is 17.3. The minimum atomic E-state index is -0.990. The Morgan fingerprint density at radius 2 is 1.69 bits per heavy atom. The lowest BCUT2D eigenvalue weighted by atomic mass is 10.1. The lowest BCUT2D eigenvalue weighted by Gasteiger charge is -2.32. The summed E-state index contributed by atoms with van der Waals surface area (Å²) in [4.78, 5) is 13.5. The third kappa shape index (κ3) is 3.53. The molecule has 1 saturated heterocycles. The minimum Gasteiger partial charge on any atom is -0.383 e. The summed E-state index contributed by atoms with van der Waals surface area (Å²) in [6.45, 7) is 3.10. The predicted molar refractivity (Wildman–Crippen MR) is 121 cm³/mol. The van der Waals surface area contributed by atoms with Crippen molar-refractivity contribution in [2.45, 2.75) is 0 Å². The van der Waals surface area contributed by atoms with Crippen LogP contribution in [0.2, 0.25) is 5.02 Å². The number of hydrogen-bond acceptors (Lipinski definition) is 6. The number of nitrogen functional groups attached to an aromatic ring is 1. The van der Waals surface area contributed by atoms with Gasteiger partial charge in [-0.3, -0.25) is 0 Å². The number of halogens is 3. The van der Waals surface area contributed by atoms with Crippen molar-refractivity contribution in [3.8, 4) is 16.9 Å². The van der Waals surface area contributed by atoms with Crippen LogP contribution in [0.3, 0.4) is 0 Å². The summed E-state index contributed by atoms with van der Waals surface area (Å²) in [5.74, 6) is -1.31. The first kappa shape index (κ1) is 20.6. The number of rotatable bonds is 3. The van der Waals surface area contributed by atoms with Crippen molar-refractivity contribution < 1.29 is 8.78 Å². The van der Waals surface area contributed by atoms with Crippen LogP contribution in [0.15, 0.2) is 42.5 Å². The van der Waals surface area contributed by atoms with Crippen LogP contribution in [-0.2, 0) is 0 Å². The highest BCUT2D eigenvalue weighted by atomic mass is 35.5. The molecule has 2 aromatic heterocycles. The Bertz CT molecular complexity index is 1300. The van der Waals surface area contributed by atoms with Crippen LogP contribution in [-0.4, -0.2) is 57.9 Å². The number of hydrogen-bond donors (Lipinski definition) is 1. The number of piperazine rings is 1. The first-order valence-electron chi connectivity index (χ1n) is 10.1. The Labute approximate surface area is 188 Å². The summed E-state index contributed by atoms with van der Waals surface area (Å²) in [7, 11) is 2.05. The molecule has 0 saturated carbocycles. The van der Waals surface area contributed by atoms with E-state index in [0.29, 0.717) is 40.8 Å². The highest BCUT2D eigenvalue weighted by molar-refractivity contribution is 6.30. The van der Waals surface area contributed by atoms with Gasteiger partial charge in [0.2, 0.25) is 5.95 Å². The van der Waals surface area contributed by atoms with Crippen molar-refractivity contribution in [1.29, 1.82) is 0 Å². The molecule has 7 nitrogen and oxygen atoms in total. The van der Waals surface area contributed by atoms with Gasteiger partial charge in [-0.2, -0.15) is 4.98 Å². The normalized spacial score (nSPS) is 14.9. The summed E-state index contributed by atoms with van der Waals surface area (Å²) in [6, 6.07) is 11.0. The zero-order chi connectivity index (χ0) is 22.4. The molecule has 0 atom stereocenters. The molecule has 32 heavy (non-hydrogen) atoms. The van der Waals surface area contributed by atoms with Crippen LogP contribution in [0.4, 0.5) is 20.5 Å². The van der Waals surface area contributed by atoms with Gasteiger partial charge in [-0.25, -0.2) is 18.4 Å². The lowest BCUT2D eigenvalue weighted by molar-refractivity contribution is 0.311. The lowest BCUT2D eigenvalue weighted by Crippen LogP contribution is -2.45. The van der Waals surface area contributed by atoms with Crippen LogP contribution in [0.5, 0.6) is 0 Å². The molecule has 0 radical (unpaired) electrons. The van der Waals surface area contributed by atoms with Crippen molar-refractivity contribution in [2.24, 2.45) is 0 Å². The molecule has 4 aromatic rings. The number of nitrogens with two attached hydrogens (primary N) is 1. The summed E-state index contributed by atoms with van der Waals surface area (Å²) in [5, 5.41) is 5.50. The molecule has 3 heterocycles. The van der Waals surface area contributed by atoms with E-state index in [9.17, 15) is 8.78 Å². The number of anilines is 2. The number of nitrogens with zero attached hydrogens (tertiary/aromatic N) is 6. The first-order chi connectivity index (χ1) is 15.4. The zero-order valence-corrected chi connectivity index (χ0v) is 18.0. The van der Waals surface area contributed by atoms with Crippen molar-refractivity contribution >= 4 is 34.4 Å². The molecule has 1 aliphatic heterocycles. The molecule has 1 aliphatic rings. The van der Waals surface area contributed by atoms with Crippen molar-refractivity contribution in [2.75, 3.05) is 43.9 Å². The van der Waals surface area contributed by atoms with Gasteiger partial charge in [0.1, 0.15) is 5.82 Å². The number of likely N-dealkylation sites (N-methyl/N-ethyl adjacent to an activating group) is 1. The second kappa shape index (κ2) is 7.99. The highest BCUT2D eigenvalue weighted by Gasteiger charge is 2.25. The monoisotopic (exact) mass is 455 g/mol. The third-order valence-corrected chi connectivity index (χ3v) is 5.87. The molecule has 0 spiro atoms. The average Bonchev–Trinajstić information content (AvgIpc) is 3.12. The van der Waals surface area contributed by atoms with Crippen LogP contribution >= 0.6 is 11.6 Å². The Kier molecular flexibility index (Phi) is 5.15. The number of aromatic nitrogens is 4. The van der Waals surface area contributed by atoms with E-state index in [1.807, 2.05) is 11.9 Å². The largest absolute Gasteiger partial charge is 0.383 e. The first-order valence-corrected chi connectivity index (χ1v) is 10.5. The molecular weight excluding hydrogens is 436 g/mol. The summed E-state index contributed by atoms with van der Waals surface area (Å²) >= 11 is 6.00. The van der Waals surface area contributed by atoms with E-state index < -0.39 is 11.6 Å². The van der Waals surface area contributed by atoms with E-state index in [1.165, 1.54) is 16.8 Å². The predicted octanol–water partition coefficient (Wildman–Crippen LogP) is 3.75. The second-order valence-corrected chi connectivity index (χ2v) is 8.17. The van der Waals surface area contributed by atoms with E-state index in [0.717, 1.165) is 19.2 Å². The van der Waals surface area contributed by atoms with Crippen LogP contribution in [0.1, 0.15) is 0 Å². The maximum atomic E-state index is 14.8. The molecular formula is C22H20ClF2N7. The van der Waals surface area contributed by atoms with Gasteiger partial charge in [0.05, 0.1) is 16.8 Å².